The van der Waals surface area contributed by atoms with Crippen molar-refractivity contribution in [3.05, 3.63) is 52.8 Å². The van der Waals surface area contributed by atoms with Crippen molar-refractivity contribution < 1.29 is 14.3 Å². The monoisotopic (exact) mass is 360 g/mol. The van der Waals surface area contributed by atoms with Gasteiger partial charge in [-0.15, -0.1) is 0 Å². The molecule has 0 bridgehead atoms. The molecule has 1 atom stereocenters. The van der Waals surface area contributed by atoms with Crippen molar-refractivity contribution >= 4 is 17.7 Å². The Kier molecular flexibility index (Phi) is 4.86. The lowest BCUT2D eigenvalue weighted by Crippen LogP contribution is -2.35. The van der Waals surface area contributed by atoms with Crippen molar-refractivity contribution in [2.24, 2.45) is 0 Å². The van der Waals surface area contributed by atoms with Gasteiger partial charge in [-0.05, 0) is 51.0 Å². The average Bonchev–Trinajstić information content (AvgIpc) is 2.67. The van der Waals surface area contributed by atoms with E-state index < -0.39 is 11.7 Å². The van der Waals surface area contributed by atoms with Crippen LogP contribution in [0.25, 0.3) is 0 Å². The molecule has 132 valence electrons. The molecule has 0 spiro atoms. The number of carbonyl (C=O) groups is 1. The van der Waals surface area contributed by atoms with E-state index in [1.54, 1.807) is 6.07 Å². The molecule has 0 unspecified atom stereocenters. The van der Waals surface area contributed by atoms with E-state index in [1.165, 1.54) is 0 Å². The number of pyridine rings is 1. The first-order valence-electron chi connectivity index (χ1n) is 8.21. The summed E-state index contributed by atoms with van der Waals surface area (Å²) in [5.74, 6) is 1.39. The van der Waals surface area contributed by atoms with Crippen LogP contribution < -0.4 is 10.1 Å². The first kappa shape index (κ1) is 17.5. The third-order valence-electron chi connectivity index (χ3n) is 3.79. The van der Waals surface area contributed by atoms with E-state index in [0.29, 0.717) is 23.9 Å². The fourth-order valence-electron chi connectivity index (χ4n) is 2.76. The molecule has 0 saturated carbocycles. The normalized spacial score (nSPS) is 16.1. The average molecular weight is 361 g/mol. The maximum atomic E-state index is 12.0. The molecule has 0 fully saturated rings. The van der Waals surface area contributed by atoms with E-state index >= 15 is 0 Å². The van der Waals surface area contributed by atoms with Crippen LogP contribution in [0.1, 0.15) is 37.9 Å². The second-order valence-electron chi connectivity index (χ2n) is 7.01. The standard InChI is InChI=1S/C19H21ClN2O3/c1-19(2,3)25-18(23)21-11-13-10-12-6-4-5-7-14(12)24-15-8-9-16(20)22-17(13)15/h4-9,13H,10-11H2,1-3H3,(H,21,23)/t13-/m1/s1. The minimum atomic E-state index is -0.539. The van der Waals surface area contributed by atoms with Crippen LogP contribution in [0, 0.1) is 0 Å². The van der Waals surface area contributed by atoms with Crippen LogP contribution in [0.5, 0.6) is 11.5 Å². The highest BCUT2D eigenvalue weighted by atomic mass is 35.5. The van der Waals surface area contributed by atoms with Crippen molar-refractivity contribution in [1.29, 1.82) is 0 Å². The quantitative estimate of drug-likeness (QED) is 0.789. The van der Waals surface area contributed by atoms with Gasteiger partial charge in [0.2, 0.25) is 0 Å². The lowest BCUT2D eigenvalue weighted by Gasteiger charge is -2.21. The van der Waals surface area contributed by atoms with E-state index in [1.807, 2.05) is 51.1 Å². The first-order chi connectivity index (χ1) is 11.8. The number of carbonyl (C=O) groups excluding carboxylic acids is 1. The van der Waals surface area contributed by atoms with Crippen LogP contribution in [-0.4, -0.2) is 23.2 Å². The van der Waals surface area contributed by atoms with Gasteiger partial charge >= 0.3 is 6.09 Å². The number of alkyl carbamates (subject to hydrolysis) is 1. The Morgan fingerprint density at radius 3 is 2.80 bits per heavy atom. The Bertz CT molecular complexity index is 786. The highest BCUT2D eigenvalue weighted by molar-refractivity contribution is 6.29. The Hall–Kier alpha value is -2.27. The molecular formula is C19H21ClN2O3. The fourth-order valence-corrected chi connectivity index (χ4v) is 2.91. The zero-order chi connectivity index (χ0) is 18.0. The third kappa shape index (κ3) is 4.42. The number of hydrogen-bond acceptors (Lipinski definition) is 4. The predicted molar refractivity (Wildman–Crippen MR) is 96.4 cm³/mol. The molecule has 3 rings (SSSR count). The number of halogens is 1. The van der Waals surface area contributed by atoms with Crippen molar-refractivity contribution in [2.75, 3.05) is 6.54 Å². The van der Waals surface area contributed by atoms with Gasteiger partial charge in [0.25, 0.3) is 0 Å². The molecule has 5 nitrogen and oxygen atoms in total. The van der Waals surface area contributed by atoms with Gasteiger partial charge < -0.3 is 14.8 Å². The molecule has 1 aromatic heterocycles. The van der Waals surface area contributed by atoms with E-state index in [9.17, 15) is 4.79 Å². The minimum Gasteiger partial charge on any atom is -0.455 e. The zero-order valence-corrected chi connectivity index (χ0v) is 15.3. The van der Waals surface area contributed by atoms with Gasteiger partial charge in [-0.2, -0.15) is 0 Å². The number of nitrogens with zero attached hydrogens (tertiary/aromatic N) is 1. The molecule has 1 N–H and O–H groups in total. The molecule has 1 amide bonds. The SMILES string of the molecule is CC(C)(C)OC(=O)NC[C@H]1Cc2ccccc2Oc2ccc(Cl)nc21. The molecule has 0 aliphatic carbocycles. The number of rotatable bonds is 2. The Morgan fingerprint density at radius 1 is 1.28 bits per heavy atom. The number of aromatic nitrogens is 1. The van der Waals surface area contributed by atoms with Gasteiger partial charge in [-0.1, -0.05) is 29.8 Å². The number of hydrogen-bond donors (Lipinski definition) is 1. The molecular weight excluding hydrogens is 340 g/mol. The number of benzene rings is 1. The molecule has 0 radical (unpaired) electrons. The van der Waals surface area contributed by atoms with E-state index in [0.717, 1.165) is 17.0 Å². The second-order valence-corrected chi connectivity index (χ2v) is 7.40. The summed E-state index contributed by atoms with van der Waals surface area (Å²) in [6.45, 7) is 5.88. The molecule has 6 heteroatoms. The summed E-state index contributed by atoms with van der Waals surface area (Å²) in [6.07, 6.45) is 0.237. The topological polar surface area (TPSA) is 60.5 Å². The van der Waals surface area contributed by atoms with Crippen LogP contribution in [-0.2, 0) is 11.2 Å². The zero-order valence-electron chi connectivity index (χ0n) is 14.5. The van der Waals surface area contributed by atoms with Crippen molar-refractivity contribution in [3.8, 4) is 11.5 Å². The number of fused-ring (bicyclic) bond motifs is 2. The van der Waals surface area contributed by atoms with Crippen LogP contribution in [0.15, 0.2) is 36.4 Å². The van der Waals surface area contributed by atoms with Gasteiger partial charge in [0, 0.05) is 12.5 Å². The Morgan fingerprint density at radius 2 is 2.04 bits per heavy atom. The summed E-state index contributed by atoms with van der Waals surface area (Å²) < 4.78 is 11.3. The van der Waals surface area contributed by atoms with E-state index in [4.69, 9.17) is 21.1 Å². The van der Waals surface area contributed by atoms with E-state index in [-0.39, 0.29) is 5.92 Å². The second kappa shape index (κ2) is 6.92. The Balaban J connectivity index is 1.84. The van der Waals surface area contributed by atoms with E-state index in [2.05, 4.69) is 10.3 Å². The number of amides is 1. The summed E-state index contributed by atoms with van der Waals surface area (Å²) in [6, 6.07) is 11.4. The lowest BCUT2D eigenvalue weighted by atomic mass is 9.95. The van der Waals surface area contributed by atoms with Crippen LogP contribution in [0.2, 0.25) is 5.15 Å². The Labute approximate surface area is 152 Å². The van der Waals surface area contributed by atoms with Gasteiger partial charge in [0.05, 0.1) is 5.69 Å². The predicted octanol–water partition coefficient (Wildman–Crippen LogP) is 4.69. The summed E-state index contributed by atoms with van der Waals surface area (Å²) in [5, 5.41) is 3.23. The van der Waals surface area contributed by atoms with Crippen molar-refractivity contribution in [1.82, 2.24) is 10.3 Å². The van der Waals surface area contributed by atoms with Crippen LogP contribution in [0.4, 0.5) is 4.79 Å². The van der Waals surface area contributed by atoms with Gasteiger partial charge in [0.1, 0.15) is 22.3 Å². The highest BCUT2D eigenvalue weighted by Gasteiger charge is 2.26. The minimum absolute atomic E-state index is 0.0649. The van der Waals surface area contributed by atoms with Gasteiger partial charge in [0.15, 0.2) is 0 Å². The highest BCUT2D eigenvalue weighted by Crippen LogP contribution is 2.38. The largest absolute Gasteiger partial charge is 0.455 e. The number of nitrogens with one attached hydrogen (secondary N) is 1. The third-order valence-corrected chi connectivity index (χ3v) is 4.00. The summed E-state index contributed by atoms with van der Waals surface area (Å²) >= 11 is 6.08. The molecule has 25 heavy (non-hydrogen) atoms. The molecule has 1 aromatic carbocycles. The lowest BCUT2D eigenvalue weighted by molar-refractivity contribution is 0.0524. The van der Waals surface area contributed by atoms with Gasteiger partial charge in [-0.25, -0.2) is 9.78 Å². The molecule has 2 aromatic rings. The van der Waals surface area contributed by atoms with Gasteiger partial charge in [-0.3, -0.25) is 0 Å². The fraction of sp³-hybridized carbons (Fsp3) is 0.368. The first-order valence-corrected chi connectivity index (χ1v) is 8.59. The molecule has 0 saturated heterocycles. The maximum Gasteiger partial charge on any atom is 0.407 e. The maximum absolute atomic E-state index is 12.0. The van der Waals surface area contributed by atoms with Crippen molar-refractivity contribution in [3.63, 3.8) is 0 Å². The smallest absolute Gasteiger partial charge is 0.407 e. The summed E-state index contributed by atoms with van der Waals surface area (Å²) in [4.78, 5) is 16.4. The van der Waals surface area contributed by atoms with Crippen LogP contribution >= 0.6 is 11.6 Å². The number of ether oxygens (including phenoxy) is 2. The summed E-state index contributed by atoms with van der Waals surface area (Å²) in [7, 11) is 0. The molecule has 1 aliphatic heterocycles. The molecule has 2 heterocycles. The van der Waals surface area contributed by atoms with Crippen molar-refractivity contribution in [2.45, 2.75) is 38.7 Å². The number of para-hydroxylation sites is 1. The molecule has 1 aliphatic rings. The summed E-state index contributed by atoms with van der Waals surface area (Å²) in [5.41, 5.74) is 1.26. The van der Waals surface area contributed by atoms with Crippen LogP contribution in [0.3, 0.4) is 0 Å².